The number of amides is 2. The van der Waals surface area contributed by atoms with Gasteiger partial charge < -0.3 is 24.0 Å². The van der Waals surface area contributed by atoms with Gasteiger partial charge in [0.1, 0.15) is 18.2 Å². The molecule has 2 amide bonds. The van der Waals surface area contributed by atoms with Crippen LogP contribution in [0.3, 0.4) is 0 Å². The highest BCUT2D eigenvalue weighted by molar-refractivity contribution is 5.94. The number of hydrogen-bond donors (Lipinski definition) is 0. The van der Waals surface area contributed by atoms with Gasteiger partial charge in [-0.05, 0) is 36.8 Å². The lowest BCUT2D eigenvalue weighted by molar-refractivity contribution is -0.128. The van der Waals surface area contributed by atoms with Gasteiger partial charge in [0.05, 0.1) is 42.2 Å². The normalized spacial score (nSPS) is 17.2. The van der Waals surface area contributed by atoms with Crippen molar-refractivity contribution in [3.8, 4) is 12.1 Å². The second kappa shape index (κ2) is 11.6. The Kier molecular flexibility index (Phi) is 7.77. The summed E-state index contributed by atoms with van der Waals surface area (Å²) in [7, 11) is 1.92. The number of para-hydroxylation sites is 1. The third-order valence-corrected chi connectivity index (χ3v) is 7.36. The van der Waals surface area contributed by atoms with Gasteiger partial charge in [0, 0.05) is 44.9 Å². The van der Waals surface area contributed by atoms with Crippen LogP contribution in [0.5, 0.6) is 6.01 Å². The van der Waals surface area contributed by atoms with E-state index >= 15 is 0 Å². The molecule has 0 radical (unpaired) electrons. The van der Waals surface area contributed by atoms with Crippen molar-refractivity contribution in [3.05, 3.63) is 78.0 Å². The van der Waals surface area contributed by atoms with Crippen molar-refractivity contribution >= 4 is 23.3 Å². The lowest BCUT2D eigenvalue weighted by Crippen LogP contribution is -2.55. The van der Waals surface area contributed by atoms with Crippen LogP contribution in [-0.2, 0) is 36.2 Å². The van der Waals surface area contributed by atoms with E-state index in [1.165, 1.54) is 17.0 Å². The van der Waals surface area contributed by atoms with Gasteiger partial charge in [0.2, 0.25) is 11.8 Å². The lowest BCUT2D eigenvalue weighted by Gasteiger charge is -2.41. The molecule has 4 heterocycles. The van der Waals surface area contributed by atoms with Gasteiger partial charge in [-0.25, -0.2) is 4.39 Å². The summed E-state index contributed by atoms with van der Waals surface area (Å²) in [6.07, 6.45) is 3.84. The van der Waals surface area contributed by atoms with Gasteiger partial charge in [0.15, 0.2) is 0 Å². The Labute approximate surface area is 231 Å². The van der Waals surface area contributed by atoms with E-state index in [1.54, 1.807) is 23.1 Å². The zero-order valence-electron chi connectivity index (χ0n) is 22.3. The molecule has 10 nitrogen and oxygen atoms in total. The number of benzene rings is 1. The molecule has 1 atom stereocenters. The van der Waals surface area contributed by atoms with Crippen molar-refractivity contribution in [1.82, 2.24) is 19.4 Å². The number of halogens is 1. The van der Waals surface area contributed by atoms with Gasteiger partial charge in [0.25, 0.3) is 0 Å². The van der Waals surface area contributed by atoms with Crippen molar-refractivity contribution in [2.45, 2.75) is 38.5 Å². The molecule has 40 heavy (non-hydrogen) atoms. The SMILES string of the molecule is C=CC(=O)N1CCN(c2nc(OCc3cccn3C)nc3c2CCC(=O)N(c2ccccc2F)C3)C[C@@H]1CC#N. The molecular formula is C29H30FN7O3. The molecule has 0 N–H and O–H groups in total. The van der Waals surface area contributed by atoms with Gasteiger partial charge >= 0.3 is 6.01 Å². The number of nitrogens with zero attached hydrogens (tertiary/aromatic N) is 7. The summed E-state index contributed by atoms with van der Waals surface area (Å²) in [5.74, 6) is -0.331. The summed E-state index contributed by atoms with van der Waals surface area (Å²) >= 11 is 0. The van der Waals surface area contributed by atoms with Gasteiger partial charge in [-0.15, -0.1) is 0 Å². The first kappa shape index (κ1) is 26.9. The quantitative estimate of drug-likeness (QED) is 0.422. The summed E-state index contributed by atoms with van der Waals surface area (Å²) in [4.78, 5) is 40.2. The van der Waals surface area contributed by atoms with E-state index in [-0.39, 0.29) is 55.5 Å². The number of hydrogen-bond acceptors (Lipinski definition) is 7. The fourth-order valence-electron chi connectivity index (χ4n) is 5.22. The second-order valence-electron chi connectivity index (χ2n) is 9.78. The number of nitriles is 1. The van der Waals surface area contributed by atoms with Crippen LogP contribution >= 0.6 is 0 Å². The van der Waals surface area contributed by atoms with E-state index < -0.39 is 5.82 Å². The smallest absolute Gasteiger partial charge is 0.319 e. The van der Waals surface area contributed by atoms with Crippen LogP contribution in [0, 0.1) is 17.1 Å². The minimum Gasteiger partial charge on any atom is -0.457 e. The molecule has 0 unspecified atom stereocenters. The molecule has 0 aliphatic carbocycles. The first-order valence-electron chi connectivity index (χ1n) is 13.1. The van der Waals surface area contributed by atoms with Crippen molar-refractivity contribution in [2.24, 2.45) is 7.05 Å². The summed E-state index contributed by atoms with van der Waals surface area (Å²) in [6, 6.07) is 12.0. The Hall–Kier alpha value is -4.72. The summed E-state index contributed by atoms with van der Waals surface area (Å²) in [5.41, 5.74) is 2.46. The van der Waals surface area contributed by atoms with Crippen molar-refractivity contribution < 1.29 is 18.7 Å². The maximum atomic E-state index is 14.7. The van der Waals surface area contributed by atoms with Crippen LogP contribution in [0.1, 0.15) is 29.8 Å². The van der Waals surface area contributed by atoms with E-state index in [1.807, 2.05) is 34.8 Å². The summed E-state index contributed by atoms with van der Waals surface area (Å²) in [6.45, 7) is 5.10. The van der Waals surface area contributed by atoms with E-state index in [4.69, 9.17) is 14.7 Å². The molecule has 5 rings (SSSR count). The molecular weight excluding hydrogens is 513 g/mol. The van der Waals surface area contributed by atoms with Gasteiger partial charge in [-0.2, -0.15) is 15.2 Å². The Morgan fingerprint density at radius 2 is 2.05 bits per heavy atom. The molecule has 1 aromatic carbocycles. The highest BCUT2D eigenvalue weighted by atomic mass is 19.1. The Morgan fingerprint density at radius 1 is 1.23 bits per heavy atom. The number of carbonyl (C=O) groups is 2. The Morgan fingerprint density at radius 3 is 2.77 bits per heavy atom. The van der Waals surface area contributed by atoms with E-state index in [9.17, 15) is 19.2 Å². The molecule has 206 valence electrons. The first-order valence-corrected chi connectivity index (χ1v) is 13.1. The predicted molar refractivity (Wildman–Crippen MR) is 146 cm³/mol. The molecule has 2 aliphatic rings. The lowest BCUT2D eigenvalue weighted by atomic mass is 10.1. The maximum Gasteiger partial charge on any atom is 0.319 e. The highest BCUT2D eigenvalue weighted by Crippen LogP contribution is 2.33. The van der Waals surface area contributed by atoms with Crippen LogP contribution < -0.4 is 14.5 Å². The van der Waals surface area contributed by atoms with Crippen LogP contribution in [0.2, 0.25) is 0 Å². The minimum absolute atomic E-state index is 0.0572. The molecule has 1 saturated heterocycles. The zero-order valence-corrected chi connectivity index (χ0v) is 22.3. The molecule has 0 saturated carbocycles. The first-order chi connectivity index (χ1) is 19.4. The highest BCUT2D eigenvalue weighted by Gasteiger charge is 2.34. The predicted octanol–water partition coefficient (Wildman–Crippen LogP) is 3.13. The number of fused-ring (bicyclic) bond motifs is 1. The average Bonchev–Trinajstić information content (AvgIpc) is 3.30. The van der Waals surface area contributed by atoms with Gasteiger partial charge in [-0.3, -0.25) is 9.59 Å². The molecule has 0 bridgehead atoms. The topological polar surface area (TPSA) is 108 Å². The molecule has 3 aromatic rings. The monoisotopic (exact) mass is 543 g/mol. The number of piperazine rings is 1. The summed E-state index contributed by atoms with van der Waals surface area (Å²) < 4.78 is 22.7. The third-order valence-electron chi connectivity index (χ3n) is 7.36. The largest absolute Gasteiger partial charge is 0.457 e. The minimum atomic E-state index is -0.490. The fraction of sp³-hybridized carbons (Fsp3) is 0.345. The molecule has 11 heteroatoms. The standard InChI is InChI=1S/C29H30FN7O3/c1-3-26(38)36-16-15-35(17-20(36)12-13-31)28-22-10-11-27(39)37(25-9-5-4-8-23(25)30)18-24(22)32-29(33-28)40-19-21-7-6-14-34(21)2/h3-9,14,20H,1,10-12,15-19H2,2H3/t20-/m0/s1. The number of ether oxygens (including phenoxy) is 1. The second-order valence-corrected chi connectivity index (χ2v) is 9.78. The molecule has 2 aliphatic heterocycles. The van der Waals surface area contributed by atoms with Crippen molar-refractivity contribution in [3.63, 3.8) is 0 Å². The van der Waals surface area contributed by atoms with E-state index in [0.717, 1.165) is 11.3 Å². The van der Waals surface area contributed by atoms with Crippen LogP contribution in [0.15, 0.2) is 55.3 Å². The van der Waals surface area contributed by atoms with Crippen molar-refractivity contribution in [2.75, 3.05) is 29.4 Å². The molecule has 2 aromatic heterocycles. The van der Waals surface area contributed by atoms with Crippen LogP contribution in [0.4, 0.5) is 15.9 Å². The number of aromatic nitrogens is 3. The average molecular weight is 544 g/mol. The number of rotatable bonds is 7. The number of anilines is 2. The summed E-state index contributed by atoms with van der Waals surface area (Å²) in [5, 5.41) is 9.44. The van der Waals surface area contributed by atoms with Gasteiger partial charge in [-0.1, -0.05) is 18.7 Å². The zero-order chi connectivity index (χ0) is 28.2. The Bertz CT molecular complexity index is 1480. The molecule has 1 fully saturated rings. The van der Waals surface area contributed by atoms with E-state index in [2.05, 4.69) is 12.6 Å². The van der Waals surface area contributed by atoms with Crippen LogP contribution in [-0.4, -0.2) is 56.9 Å². The molecule has 0 spiro atoms. The third kappa shape index (κ3) is 5.38. The number of carbonyl (C=O) groups excluding carboxylic acids is 2. The van der Waals surface area contributed by atoms with Crippen LogP contribution in [0.25, 0.3) is 0 Å². The van der Waals surface area contributed by atoms with E-state index in [0.29, 0.717) is 37.6 Å². The number of aryl methyl sites for hydroxylation is 1. The Balaban J connectivity index is 1.53. The maximum absolute atomic E-state index is 14.7. The van der Waals surface area contributed by atoms with Crippen molar-refractivity contribution in [1.29, 1.82) is 5.26 Å². The fourth-order valence-corrected chi connectivity index (χ4v) is 5.22.